The lowest BCUT2D eigenvalue weighted by Crippen LogP contribution is -2.19. The van der Waals surface area contributed by atoms with Crippen LogP contribution in [0.5, 0.6) is 0 Å². The molecule has 0 saturated heterocycles. The van der Waals surface area contributed by atoms with Crippen molar-refractivity contribution in [3.05, 3.63) is 57.3 Å². The van der Waals surface area contributed by atoms with Crippen LogP contribution in [0.4, 0.5) is 15.8 Å². The predicted octanol–water partition coefficient (Wildman–Crippen LogP) is 5.36. The summed E-state index contributed by atoms with van der Waals surface area (Å²) in [5, 5.41) is 6.76. The van der Waals surface area contributed by atoms with E-state index in [9.17, 15) is 4.39 Å². The maximum Gasteiger partial charge on any atom is 0.175 e. The molecule has 0 unspecified atom stereocenters. The number of anilines is 2. The van der Waals surface area contributed by atoms with Gasteiger partial charge in [-0.1, -0.05) is 33.6 Å². The summed E-state index contributed by atoms with van der Waals surface area (Å²) in [4.78, 5) is 0. The van der Waals surface area contributed by atoms with E-state index in [1.165, 1.54) is 6.07 Å². The molecule has 0 spiro atoms. The zero-order valence-electron chi connectivity index (χ0n) is 10.5. The summed E-state index contributed by atoms with van der Waals surface area (Å²) < 4.78 is 14.3. The molecular weight excluding hydrogens is 363 g/mol. The van der Waals surface area contributed by atoms with Crippen LogP contribution in [0.1, 0.15) is 5.56 Å². The average Bonchev–Trinajstić information content (AvgIpc) is 2.37. The fourth-order valence-corrected chi connectivity index (χ4v) is 2.49. The third kappa shape index (κ3) is 3.91. The minimum atomic E-state index is -0.278. The van der Waals surface area contributed by atoms with Gasteiger partial charge in [0.05, 0.1) is 10.7 Å². The molecule has 0 amide bonds. The number of hydrogen-bond acceptors (Lipinski definition) is 1. The first-order chi connectivity index (χ1) is 9.45. The highest BCUT2D eigenvalue weighted by Gasteiger charge is 2.05. The van der Waals surface area contributed by atoms with E-state index in [0.29, 0.717) is 27.1 Å². The molecule has 20 heavy (non-hydrogen) atoms. The summed E-state index contributed by atoms with van der Waals surface area (Å²) in [5.41, 5.74) is 1.85. The van der Waals surface area contributed by atoms with E-state index < -0.39 is 0 Å². The average molecular weight is 374 g/mol. The van der Waals surface area contributed by atoms with Crippen LogP contribution in [0.25, 0.3) is 0 Å². The lowest BCUT2D eigenvalue weighted by atomic mass is 10.2. The largest absolute Gasteiger partial charge is 0.332 e. The predicted molar refractivity (Wildman–Crippen MR) is 90.1 cm³/mol. The van der Waals surface area contributed by atoms with Crippen LogP contribution in [0, 0.1) is 12.7 Å². The first kappa shape index (κ1) is 15.2. The Morgan fingerprint density at radius 3 is 2.60 bits per heavy atom. The summed E-state index contributed by atoms with van der Waals surface area (Å²) in [6.45, 7) is 1.71. The van der Waals surface area contributed by atoms with E-state index in [0.717, 1.165) is 4.47 Å². The van der Waals surface area contributed by atoms with Gasteiger partial charge in [0.2, 0.25) is 0 Å². The lowest BCUT2D eigenvalue weighted by molar-refractivity contribution is 0.619. The maximum atomic E-state index is 13.4. The van der Waals surface area contributed by atoms with Crippen LogP contribution in [0.15, 0.2) is 40.9 Å². The van der Waals surface area contributed by atoms with Crippen LogP contribution in [0.3, 0.4) is 0 Å². The minimum Gasteiger partial charge on any atom is -0.332 e. The van der Waals surface area contributed by atoms with Crippen LogP contribution >= 0.6 is 39.7 Å². The van der Waals surface area contributed by atoms with Crippen molar-refractivity contribution in [3.8, 4) is 0 Å². The zero-order chi connectivity index (χ0) is 14.7. The third-order valence-corrected chi connectivity index (χ3v) is 3.62. The van der Waals surface area contributed by atoms with Crippen molar-refractivity contribution in [2.24, 2.45) is 0 Å². The van der Waals surface area contributed by atoms with Crippen molar-refractivity contribution < 1.29 is 4.39 Å². The summed E-state index contributed by atoms with van der Waals surface area (Å²) in [5.74, 6) is -0.278. The monoisotopic (exact) mass is 372 g/mol. The Kier molecular flexibility index (Phi) is 4.96. The van der Waals surface area contributed by atoms with E-state index in [-0.39, 0.29) is 5.82 Å². The fourth-order valence-electron chi connectivity index (χ4n) is 1.55. The van der Waals surface area contributed by atoms with Crippen LogP contribution < -0.4 is 10.6 Å². The first-order valence-electron chi connectivity index (χ1n) is 5.75. The second-order valence-corrected chi connectivity index (χ2v) is 5.90. The SMILES string of the molecule is Cc1ccc(NC(=S)Nc2ccc(Br)cc2Cl)cc1F. The first-order valence-corrected chi connectivity index (χ1v) is 7.33. The third-order valence-electron chi connectivity index (χ3n) is 2.61. The van der Waals surface area contributed by atoms with Crippen LogP contribution in [0.2, 0.25) is 5.02 Å². The fraction of sp³-hybridized carbons (Fsp3) is 0.0714. The highest BCUT2D eigenvalue weighted by Crippen LogP contribution is 2.25. The molecule has 0 aromatic heterocycles. The molecule has 6 heteroatoms. The van der Waals surface area contributed by atoms with Gasteiger partial charge in [-0.3, -0.25) is 0 Å². The number of hydrogen-bond donors (Lipinski definition) is 2. The van der Waals surface area contributed by atoms with Crippen molar-refractivity contribution in [2.45, 2.75) is 6.92 Å². The second kappa shape index (κ2) is 6.52. The molecule has 0 aliphatic carbocycles. The summed E-state index contributed by atoms with van der Waals surface area (Å²) in [6.07, 6.45) is 0. The molecular formula is C14H11BrClFN2S. The quantitative estimate of drug-likeness (QED) is 0.693. The second-order valence-electron chi connectivity index (χ2n) is 4.17. The number of nitrogens with one attached hydrogen (secondary N) is 2. The van der Waals surface area contributed by atoms with Crippen LogP contribution in [-0.2, 0) is 0 Å². The Bertz CT molecular complexity index is 664. The molecule has 2 aromatic rings. The Morgan fingerprint density at radius 2 is 1.95 bits per heavy atom. The molecule has 0 fully saturated rings. The number of halogens is 3. The summed E-state index contributed by atoms with van der Waals surface area (Å²) >= 11 is 14.6. The molecule has 0 radical (unpaired) electrons. The zero-order valence-corrected chi connectivity index (χ0v) is 13.7. The van der Waals surface area contributed by atoms with Gasteiger partial charge in [0.1, 0.15) is 5.82 Å². The maximum absolute atomic E-state index is 13.4. The Labute approximate surface area is 135 Å². The molecule has 0 aliphatic heterocycles. The van der Waals surface area contributed by atoms with Crippen LogP contribution in [-0.4, -0.2) is 5.11 Å². The number of thiocarbonyl (C=S) groups is 1. The van der Waals surface area contributed by atoms with Gasteiger partial charge in [-0.15, -0.1) is 0 Å². The van der Waals surface area contributed by atoms with Crippen molar-refractivity contribution >= 4 is 56.2 Å². The minimum absolute atomic E-state index is 0.278. The molecule has 2 rings (SSSR count). The van der Waals surface area contributed by atoms with Gasteiger partial charge in [-0.25, -0.2) is 4.39 Å². The normalized spacial score (nSPS) is 10.2. The van der Waals surface area contributed by atoms with Crippen molar-refractivity contribution in [3.63, 3.8) is 0 Å². The summed E-state index contributed by atoms with van der Waals surface area (Å²) in [7, 11) is 0. The number of aryl methyl sites for hydroxylation is 1. The molecule has 2 N–H and O–H groups in total. The van der Waals surface area contributed by atoms with Crippen molar-refractivity contribution in [1.29, 1.82) is 0 Å². The highest BCUT2D eigenvalue weighted by molar-refractivity contribution is 9.10. The number of benzene rings is 2. The van der Waals surface area contributed by atoms with Gasteiger partial charge in [-0.05, 0) is 55.0 Å². The van der Waals surface area contributed by atoms with Gasteiger partial charge in [0.15, 0.2) is 5.11 Å². The van der Waals surface area contributed by atoms with Crippen molar-refractivity contribution in [2.75, 3.05) is 10.6 Å². The summed E-state index contributed by atoms with van der Waals surface area (Å²) in [6, 6.07) is 10.3. The number of rotatable bonds is 2. The van der Waals surface area contributed by atoms with Crippen molar-refractivity contribution in [1.82, 2.24) is 0 Å². The van der Waals surface area contributed by atoms with Gasteiger partial charge < -0.3 is 10.6 Å². The molecule has 0 atom stereocenters. The Balaban J connectivity index is 2.07. The molecule has 0 saturated carbocycles. The Hall–Kier alpha value is -1.17. The smallest absolute Gasteiger partial charge is 0.175 e. The highest BCUT2D eigenvalue weighted by atomic mass is 79.9. The molecule has 0 heterocycles. The lowest BCUT2D eigenvalue weighted by Gasteiger charge is -2.12. The van der Waals surface area contributed by atoms with E-state index in [1.807, 2.05) is 6.07 Å². The molecule has 104 valence electrons. The van der Waals surface area contributed by atoms with E-state index in [2.05, 4.69) is 26.6 Å². The van der Waals surface area contributed by atoms with Gasteiger partial charge >= 0.3 is 0 Å². The molecule has 2 nitrogen and oxygen atoms in total. The van der Waals surface area contributed by atoms with Gasteiger partial charge in [-0.2, -0.15) is 0 Å². The molecule has 0 bridgehead atoms. The van der Waals surface area contributed by atoms with E-state index in [1.54, 1.807) is 31.2 Å². The van der Waals surface area contributed by atoms with E-state index >= 15 is 0 Å². The van der Waals surface area contributed by atoms with E-state index in [4.69, 9.17) is 23.8 Å². The standard InChI is InChI=1S/C14H11BrClFN2S/c1-8-2-4-10(7-12(8)17)18-14(20)19-13-5-3-9(15)6-11(13)16/h2-7H,1H3,(H2,18,19,20). The van der Waals surface area contributed by atoms with Gasteiger partial charge in [0.25, 0.3) is 0 Å². The molecule has 0 aliphatic rings. The molecule has 2 aromatic carbocycles. The van der Waals surface area contributed by atoms with Gasteiger partial charge in [0, 0.05) is 10.2 Å². The Morgan fingerprint density at radius 1 is 1.20 bits per heavy atom. The topological polar surface area (TPSA) is 24.1 Å².